The van der Waals surface area contributed by atoms with Crippen molar-refractivity contribution in [3.05, 3.63) is 58.1 Å². The van der Waals surface area contributed by atoms with Gasteiger partial charge in [0.1, 0.15) is 11.5 Å². The molecule has 9 nitrogen and oxygen atoms in total. The van der Waals surface area contributed by atoms with Crippen LogP contribution in [0.2, 0.25) is 0 Å². The molecule has 0 unspecified atom stereocenters. The van der Waals surface area contributed by atoms with E-state index in [0.29, 0.717) is 22.6 Å². The molecule has 0 N–H and O–H groups in total. The minimum Gasteiger partial charge on any atom is -0.497 e. The van der Waals surface area contributed by atoms with Gasteiger partial charge in [0.05, 0.1) is 30.5 Å². The molecule has 3 rings (SSSR count). The van der Waals surface area contributed by atoms with Crippen molar-refractivity contribution in [2.24, 2.45) is 0 Å². The van der Waals surface area contributed by atoms with E-state index in [1.165, 1.54) is 32.4 Å². The number of rotatable bonds is 8. The van der Waals surface area contributed by atoms with E-state index < -0.39 is 4.92 Å². The molecule has 0 fully saturated rings. The second-order valence-corrected chi connectivity index (χ2v) is 6.39. The molecule has 0 saturated heterocycles. The van der Waals surface area contributed by atoms with Gasteiger partial charge in [-0.3, -0.25) is 14.9 Å². The van der Waals surface area contributed by atoms with Crippen molar-refractivity contribution in [2.45, 2.75) is 5.22 Å². The lowest BCUT2D eigenvalue weighted by Crippen LogP contribution is -2.05. The lowest BCUT2D eigenvalue weighted by molar-refractivity contribution is -0.384. The van der Waals surface area contributed by atoms with Gasteiger partial charge in [-0.05, 0) is 24.3 Å². The first-order valence-electron chi connectivity index (χ1n) is 7.98. The molecule has 0 saturated carbocycles. The predicted molar refractivity (Wildman–Crippen MR) is 101 cm³/mol. The van der Waals surface area contributed by atoms with Gasteiger partial charge >= 0.3 is 0 Å². The minimum absolute atomic E-state index is 0.0418. The molecule has 2 aromatic carbocycles. The standard InChI is InChI=1S/C18H15N3O6S/c1-25-13-6-7-16(26-2)14(9-13)15(22)10-28-18-20-19-17(27-18)11-4-3-5-12(8-11)21(23)24/h3-9H,10H2,1-2H3. The number of ketones is 1. The van der Waals surface area contributed by atoms with E-state index in [2.05, 4.69) is 10.2 Å². The number of Topliss-reactive ketones (excluding diaryl/α,β-unsaturated/α-hetero) is 1. The fourth-order valence-electron chi connectivity index (χ4n) is 2.37. The highest BCUT2D eigenvalue weighted by atomic mass is 32.2. The zero-order valence-electron chi connectivity index (χ0n) is 14.9. The molecule has 3 aromatic rings. The van der Waals surface area contributed by atoms with E-state index in [1.807, 2.05) is 0 Å². The van der Waals surface area contributed by atoms with Crippen LogP contribution < -0.4 is 9.47 Å². The van der Waals surface area contributed by atoms with Gasteiger partial charge in [0.15, 0.2) is 5.78 Å². The molecule has 28 heavy (non-hydrogen) atoms. The Kier molecular flexibility index (Phi) is 5.90. The average molecular weight is 401 g/mol. The van der Waals surface area contributed by atoms with E-state index in [0.717, 1.165) is 11.8 Å². The largest absolute Gasteiger partial charge is 0.497 e. The molecule has 0 aliphatic rings. The Balaban J connectivity index is 1.72. The summed E-state index contributed by atoms with van der Waals surface area (Å²) in [4.78, 5) is 22.9. The van der Waals surface area contributed by atoms with Crippen LogP contribution >= 0.6 is 11.8 Å². The topological polar surface area (TPSA) is 118 Å². The maximum atomic E-state index is 12.5. The summed E-state index contributed by atoms with van der Waals surface area (Å²) in [6.07, 6.45) is 0. The summed E-state index contributed by atoms with van der Waals surface area (Å²) >= 11 is 1.06. The van der Waals surface area contributed by atoms with Crippen LogP contribution in [-0.2, 0) is 0 Å². The number of ether oxygens (including phenoxy) is 2. The highest BCUT2D eigenvalue weighted by molar-refractivity contribution is 7.99. The molecule has 144 valence electrons. The summed E-state index contributed by atoms with van der Waals surface area (Å²) in [5.74, 6) is 0.961. The van der Waals surface area contributed by atoms with Gasteiger partial charge in [0.2, 0.25) is 5.89 Å². The zero-order valence-corrected chi connectivity index (χ0v) is 15.8. The SMILES string of the molecule is COc1ccc(OC)c(C(=O)CSc2nnc(-c3cccc([N+](=O)[O-])c3)o2)c1. The number of nitro benzene ring substituents is 1. The number of non-ortho nitro benzene ring substituents is 1. The van der Waals surface area contributed by atoms with Crippen LogP contribution in [0.25, 0.3) is 11.5 Å². The summed E-state index contributed by atoms with van der Waals surface area (Å²) in [6.45, 7) is 0. The third-order valence-corrected chi connectivity index (χ3v) is 4.56. The van der Waals surface area contributed by atoms with Gasteiger partial charge in [-0.2, -0.15) is 0 Å². The molecular formula is C18H15N3O6S. The van der Waals surface area contributed by atoms with Gasteiger partial charge in [-0.1, -0.05) is 17.8 Å². The van der Waals surface area contributed by atoms with Crippen molar-refractivity contribution >= 4 is 23.2 Å². The van der Waals surface area contributed by atoms with Crippen molar-refractivity contribution in [1.29, 1.82) is 0 Å². The molecule has 0 bridgehead atoms. The monoisotopic (exact) mass is 401 g/mol. The second kappa shape index (κ2) is 8.53. The Morgan fingerprint density at radius 2 is 2.00 bits per heavy atom. The molecule has 0 aliphatic heterocycles. The first-order chi connectivity index (χ1) is 13.5. The van der Waals surface area contributed by atoms with Crippen molar-refractivity contribution in [2.75, 3.05) is 20.0 Å². The van der Waals surface area contributed by atoms with Crippen molar-refractivity contribution in [1.82, 2.24) is 10.2 Å². The van der Waals surface area contributed by atoms with Crippen LogP contribution in [0.15, 0.2) is 52.1 Å². The normalized spacial score (nSPS) is 10.5. The van der Waals surface area contributed by atoms with Gasteiger partial charge in [0, 0.05) is 17.7 Å². The molecular weight excluding hydrogens is 386 g/mol. The highest BCUT2D eigenvalue weighted by Gasteiger charge is 2.17. The Morgan fingerprint density at radius 3 is 2.71 bits per heavy atom. The maximum absolute atomic E-state index is 12.5. The molecule has 1 aromatic heterocycles. The van der Waals surface area contributed by atoms with Crippen LogP contribution in [0.1, 0.15) is 10.4 Å². The van der Waals surface area contributed by atoms with E-state index in [1.54, 1.807) is 24.3 Å². The molecule has 10 heteroatoms. The molecule has 0 spiro atoms. The number of hydrogen-bond donors (Lipinski definition) is 0. The van der Waals surface area contributed by atoms with Gasteiger partial charge in [-0.15, -0.1) is 10.2 Å². The number of hydrogen-bond acceptors (Lipinski definition) is 9. The lowest BCUT2D eigenvalue weighted by atomic mass is 10.1. The minimum atomic E-state index is -0.504. The maximum Gasteiger partial charge on any atom is 0.277 e. The van der Waals surface area contributed by atoms with Crippen LogP contribution in [0.4, 0.5) is 5.69 Å². The van der Waals surface area contributed by atoms with Crippen LogP contribution in [0.5, 0.6) is 11.5 Å². The smallest absolute Gasteiger partial charge is 0.277 e. The Morgan fingerprint density at radius 1 is 1.18 bits per heavy atom. The summed E-state index contributed by atoms with van der Waals surface area (Å²) in [7, 11) is 2.99. The number of nitro groups is 1. The van der Waals surface area contributed by atoms with Crippen LogP contribution in [0, 0.1) is 10.1 Å². The first kappa shape index (κ1) is 19.4. The van der Waals surface area contributed by atoms with E-state index in [4.69, 9.17) is 13.9 Å². The van der Waals surface area contributed by atoms with E-state index in [-0.39, 0.29) is 28.3 Å². The number of thioether (sulfide) groups is 1. The first-order valence-corrected chi connectivity index (χ1v) is 8.96. The average Bonchev–Trinajstić information content (AvgIpc) is 3.20. The number of carbonyl (C=O) groups is 1. The van der Waals surface area contributed by atoms with Crippen molar-refractivity contribution < 1.29 is 23.6 Å². The van der Waals surface area contributed by atoms with Gasteiger partial charge in [0.25, 0.3) is 10.9 Å². The molecule has 0 amide bonds. The van der Waals surface area contributed by atoms with Crippen molar-refractivity contribution in [3.63, 3.8) is 0 Å². The Hall–Kier alpha value is -3.40. The van der Waals surface area contributed by atoms with Crippen LogP contribution in [-0.4, -0.2) is 40.9 Å². The lowest BCUT2D eigenvalue weighted by Gasteiger charge is -2.08. The second-order valence-electron chi connectivity index (χ2n) is 5.46. The van der Waals surface area contributed by atoms with Gasteiger partial charge < -0.3 is 13.9 Å². The van der Waals surface area contributed by atoms with E-state index in [9.17, 15) is 14.9 Å². The highest BCUT2D eigenvalue weighted by Crippen LogP contribution is 2.28. The number of aromatic nitrogens is 2. The Labute approximate surface area is 163 Å². The number of carbonyl (C=O) groups excluding carboxylic acids is 1. The molecule has 1 heterocycles. The summed E-state index contributed by atoms with van der Waals surface area (Å²) < 4.78 is 15.9. The molecule has 0 aliphatic carbocycles. The number of methoxy groups -OCH3 is 2. The van der Waals surface area contributed by atoms with Gasteiger partial charge in [-0.25, -0.2) is 0 Å². The predicted octanol–water partition coefficient (Wildman–Crippen LogP) is 3.64. The fraction of sp³-hybridized carbons (Fsp3) is 0.167. The summed E-state index contributed by atoms with van der Waals surface area (Å²) in [5.41, 5.74) is 0.729. The molecule has 0 radical (unpaired) electrons. The molecule has 0 atom stereocenters. The Bertz CT molecular complexity index is 1020. The fourth-order valence-corrected chi connectivity index (χ4v) is 3.02. The summed E-state index contributed by atoms with van der Waals surface area (Å²) in [6, 6.07) is 10.8. The van der Waals surface area contributed by atoms with E-state index >= 15 is 0 Å². The van der Waals surface area contributed by atoms with Crippen molar-refractivity contribution in [3.8, 4) is 23.0 Å². The number of benzene rings is 2. The summed E-state index contributed by atoms with van der Waals surface area (Å²) in [5, 5.41) is 18.8. The third-order valence-electron chi connectivity index (χ3n) is 3.74. The quantitative estimate of drug-likeness (QED) is 0.241. The third kappa shape index (κ3) is 4.29. The zero-order chi connectivity index (χ0) is 20.1. The number of nitrogens with zero attached hydrogens (tertiary/aromatic N) is 3. The van der Waals surface area contributed by atoms with Crippen LogP contribution in [0.3, 0.4) is 0 Å².